The van der Waals surface area contributed by atoms with Gasteiger partial charge < -0.3 is 0 Å². The van der Waals surface area contributed by atoms with Gasteiger partial charge >= 0.3 is 0 Å². The lowest BCUT2D eigenvalue weighted by molar-refractivity contribution is -0.113. The molecule has 1 aromatic carbocycles. The SMILES string of the molecule is CC(=O)C1=CCc2ccccc2C1. The molecule has 13 heavy (non-hydrogen) atoms. The van der Waals surface area contributed by atoms with E-state index < -0.39 is 0 Å². The van der Waals surface area contributed by atoms with Crippen LogP contribution in [0.25, 0.3) is 0 Å². The van der Waals surface area contributed by atoms with Gasteiger partial charge in [0, 0.05) is 6.42 Å². The maximum absolute atomic E-state index is 11.1. The first-order valence-electron chi connectivity index (χ1n) is 4.54. The first-order chi connectivity index (χ1) is 6.27. The third-order valence-corrected chi connectivity index (χ3v) is 2.52. The van der Waals surface area contributed by atoms with Crippen molar-refractivity contribution in [3.63, 3.8) is 0 Å². The molecule has 0 fully saturated rings. The van der Waals surface area contributed by atoms with Crippen LogP contribution in [0.3, 0.4) is 0 Å². The molecular weight excluding hydrogens is 160 g/mol. The number of fused-ring (bicyclic) bond motifs is 1. The highest BCUT2D eigenvalue weighted by Crippen LogP contribution is 2.20. The Morgan fingerprint density at radius 1 is 1.23 bits per heavy atom. The van der Waals surface area contributed by atoms with Crippen LogP contribution in [0.4, 0.5) is 0 Å². The third-order valence-electron chi connectivity index (χ3n) is 2.52. The average molecular weight is 172 g/mol. The van der Waals surface area contributed by atoms with Crippen molar-refractivity contribution in [1.29, 1.82) is 0 Å². The molecule has 0 heterocycles. The summed E-state index contributed by atoms with van der Waals surface area (Å²) in [5, 5.41) is 0. The van der Waals surface area contributed by atoms with Gasteiger partial charge in [-0.3, -0.25) is 4.79 Å². The largest absolute Gasteiger partial charge is 0.295 e. The number of carbonyl (C=O) groups excluding carboxylic acids is 1. The number of ketones is 1. The van der Waals surface area contributed by atoms with E-state index in [4.69, 9.17) is 0 Å². The molecule has 0 N–H and O–H groups in total. The van der Waals surface area contributed by atoms with Crippen molar-refractivity contribution in [3.8, 4) is 0 Å². The minimum absolute atomic E-state index is 0.203. The van der Waals surface area contributed by atoms with Crippen molar-refractivity contribution in [2.24, 2.45) is 0 Å². The van der Waals surface area contributed by atoms with Crippen molar-refractivity contribution >= 4 is 5.78 Å². The van der Waals surface area contributed by atoms with E-state index in [1.54, 1.807) is 6.92 Å². The molecule has 0 radical (unpaired) electrons. The summed E-state index contributed by atoms with van der Waals surface area (Å²) in [6.45, 7) is 1.64. The maximum atomic E-state index is 11.1. The fourth-order valence-electron chi connectivity index (χ4n) is 1.71. The second kappa shape index (κ2) is 3.17. The first kappa shape index (κ1) is 8.24. The van der Waals surface area contributed by atoms with Gasteiger partial charge in [-0.25, -0.2) is 0 Å². The predicted molar refractivity (Wildman–Crippen MR) is 52.6 cm³/mol. The van der Waals surface area contributed by atoms with E-state index in [1.165, 1.54) is 11.1 Å². The predicted octanol–water partition coefficient (Wildman–Crippen LogP) is 2.30. The van der Waals surface area contributed by atoms with Crippen LogP contribution in [0.1, 0.15) is 18.1 Å². The Balaban J connectivity index is 2.33. The van der Waals surface area contributed by atoms with Crippen molar-refractivity contribution in [2.45, 2.75) is 19.8 Å². The Morgan fingerprint density at radius 2 is 1.92 bits per heavy atom. The van der Waals surface area contributed by atoms with Crippen LogP contribution in [0.15, 0.2) is 35.9 Å². The smallest absolute Gasteiger partial charge is 0.155 e. The lowest BCUT2D eigenvalue weighted by Crippen LogP contribution is -2.08. The van der Waals surface area contributed by atoms with E-state index in [-0.39, 0.29) is 5.78 Å². The number of hydrogen-bond acceptors (Lipinski definition) is 1. The number of rotatable bonds is 1. The highest BCUT2D eigenvalue weighted by atomic mass is 16.1. The van der Waals surface area contributed by atoms with Crippen molar-refractivity contribution in [2.75, 3.05) is 0 Å². The Morgan fingerprint density at radius 3 is 2.62 bits per heavy atom. The molecule has 1 aromatic rings. The second-order valence-corrected chi connectivity index (χ2v) is 3.44. The minimum Gasteiger partial charge on any atom is -0.295 e. The molecule has 66 valence electrons. The molecule has 1 heteroatoms. The van der Waals surface area contributed by atoms with E-state index in [0.717, 1.165) is 18.4 Å². The molecule has 0 spiro atoms. The molecule has 0 bridgehead atoms. The molecule has 2 rings (SSSR count). The molecule has 0 amide bonds. The average Bonchev–Trinajstić information content (AvgIpc) is 2.17. The lowest BCUT2D eigenvalue weighted by Gasteiger charge is -2.14. The van der Waals surface area contributed by atoms with Crippen molar-refractivity contribution in [3.05, 3.63) is 47.0 Å². The van der Waals surface area contributed by atoms with Crippen LogP contribution < -0.4 is 0 Å². The van der Waals surface area contributed by atoms with Crippen LogP contribution in [0, 0.1) is 0 Å². The van der Waals surface area contributed by atoms with E-state index >= 15 is 0 Å². The van der Waals surface area contributed by atoms with E-state index in [2.05, 4.69) is 12.1 Å². The number of Topliss-reactive ketones (excluding diaryl/α,β-unsaturated/α-hetero) is 1. The van der Waals surface area contributed by atoms with Crippen molar-refractivity contribution in [1.82, 2.24) is 0 Å². The highest BCUT2D eigenvalue weighted by Gasteiger charge is 2.12. The van der Waals surface area contributed by atoms with Gasteiger partial charge in [0.25, 0.3) is 0 Å². The quantitative estimate of drug-likeness (QED) is 0.635. The van der Waals surface area contributed by atoms with E-state index in [0.29, 0.717) is 0 Å². The molecule has 1 nitrogen and oxygen atoms in total. The molecular formula is C12H12O. The van der Waals surface area contributed by atoms with E-state index in [1.807, 2.05) is 18.2 Å². The minimum atomic E-state index is 0.203. The number of benzene rings is 1. The Bertz CT molecular complexity index is 374. The van der Waals surface area contributed by atoms with Crippen LogP contribution >= 0.6 is 0 Å². The molecule has 0 atom stereocenters. The zero-order valence-electron chi connectivity index (χ0n) is 7.71. The number of carbonyl (C=O) groups is 1. The fraction of sp³-hybridized carbons (Fsp3) is 0.250. The van der Waals surface area contributed by atoms with Gasteiger partial charge in [0.2, 0.25) is 0 Å². The van der Waals surface area contributed by atoms with Gasteiger partial charge in [-0.05, 0) is 30.0 Å². The van der Waals surface area contributed by atoms with Crippen LogP contribution in [0.5, 0.6) is 0 Å². The number of allylic oxidation sites excluding steroid dienone is 2. The summed E-state index contributed by atoms with van der Waals surface area (Å²) in [6.07, 6.45) is 3.77. The molecule has 0 aromatic heterocycles. The van der Waals surface area contributed by atoms with Gasteiger partial charge in [0.05, 0.1) is 0 Å². The lowest BCUT2D eigenvalue weighted by atomic mass is 9.90. The molecule has 0 aliphatic heterocycles. The summed E-state index contributed by atoms with van der Waals surface area (Å²) in [6, 6.07) is 8.31. The summed E-state index contributed by atoms with van der Waals surface area (Å²) >= 11 is 0. The maximum Gasteiger partial charge on any atom is 0.155 e. The standard InChI is InChI=1S/C12H12O/c1-9(13)11-7-6-10-4-2-3-5-12(10)8-11/h2-5,7H,6,8H2,1H3. The molecule has 1 aliphatic rings. The first-order valence-corrected chi connectivity index (χ1v) is 4.54. The van der Waals surface area contributed by atoms with E-state index in [9.17, 15) is 4.79 Å². The second-order valence-electron chi connectivity index (χ2n) is 3.44. The monoisotopic (exact) mass is 172 g/mol. The molecule has 0 unspecified atom stereocenters. The third kappa shape index (κ3) is 1.55. The molecule has 0 saturated heterocycles. The zero-order valence-corrected chi connectivity index (χ0v) is 7.71. The summed E-state index contributed by atoms with van der Waals surface area (Å²) in [5.41, 5.74) is 3.61. The highest BCUT2D eigenvalue weighted by molar-refractivity contribution is 5.94. The summed E-state index contributed by atoms with van der Waals surface area (Å²) < 4.78 is 0. The normalized spacial score (nSPS) is 14.7. The van der Waals surface area contributed by atoms with Crippen LogP contribution in [0.2, 0.25) is 0 Å². The molecule has 0 saturated carbocycles. The van der Waals surface area contributed by atoms with Gasteiger partial charge in [0.15, 0.2) is 5.78 Å². The Kier molecular flexibility index (Phi) is 2.01. The Labute approximate surface area is 78.1 Å². The van der Waals surface area contributed by atoms with Crippen LogP contribution in [-0.2, 0) is 17.6 Å². The van der Waals surface area contributed by atoms with Gasteiger partial charge in [-0.2, -0.15) is 0 Å². The summed E-state index contributed by atoms with van der Waals surface area (Å²) in [4.78, 5) is 11.1. The van der Waals surface area contributed by atoms with Crippen molar-refractivity contribution < 1.29 is 4.79 Å². The zero-order chi connectivity index (χ0) is 9.26. The van der Waals surface area contributed by atoms with Crippen LogP contribution in [-0.4, -0.2) is 5.78 Å². The fourth-order valence-corrected chi connectivity index (χ4v) is 1.71. The summed E-state index contributed by atoms with van der Waals surface area (Å²) in [7, 11) is 0. The Hall–Kier alpha value is -1.37. The number of hydrogen-bond donors (Lipinski definition) is 0. The summed E-state index contributed by atoms with van der Waals surface area (Å²) in [5.74, 6) is 0.203. The topological polar surface area (TPSA) is 17.1 Å². The van der Waals surface area contributed by atoms with Gasteiger partial charge in [-0.15, -0.1) is 0 Å². The van der Waals surface area contributed by atoms with Gasteiger partial charge in [-0.1, -0.05) is 30.3 Å². The molecule has 1 aliphatic carbocycles. The van der Waals surface area contributed by atoms with Gasteiger partial charge in [0.1, 0.15) is 0 Å².